The average molecular weight is 265 g/mol. The van der Waals surface area contributed by atoms with Crippen LogP contribution in [0.5, 0.6) is 0 Å². The van der Waals surface area contributed by atoms with Gasteiger partial charge in [-0.15, -0.1) is 11.3 Å². The molecular weight excluding hydrogens is 246 g/mol. The Labute approximate surface area is 111 Å². The van der Waals surface area contributed by atoms with Crippen LogP contribution in [0, 0.1) is 11.8 Å². The highest BCUT2D eigenvalue weighted by atomic mass is 32.1. The van der Waals surface area contributed by atoms with Gasteiger partial charge in [0.05, 0.1) is 6.04 Å². The van der Waals surface area contributed by atoms with Crippen molar-refractivity contribution in [3.05, 3.63) is 16.6 Å². The molecule has 2 atom stereocenters. The Morgan fingerprint density at radius 2 is 2.06 bits per heavy atom. The number of hydrogen-bond acceptors (Lipinski definition) is 3. The molecule has 2 aliphatic carbocycles. The van der Waals surface area contributed by atoms with Gasteiger partial charge in [0.1, 0.15) is 5.01 Å². The van der Waals surface area contributed by atoms with E-state index in [1.807, 2.05) is 11.6 Å². The highest BCUT2D eigenvalue weighted by Gasteiger charge is 2.36. The fourth-order valence-electron chi connectivity index (χ4n) is 2.30. The second-order valence-corrected chi connectivity index (χ2v) is 6.36. The van der Waals surface area contributed by atoms with Gasteiger partial charge >= 0.3 is 6.03 Å². The van der Waals surface area contributed by atoms with Gasteiger partial charge in [-0.1, -0.05) is 0 Å². The van der Waals surface area contributed by atoms with E-state index < -0.39 is 0 Å². The topological polar surface area (TPSA) is 54.0 Å². The van der Waals surface area contributed by atoms with Crippen molar-refractivity contribution in [3.63, 3.8) is 0 Å². The average Bonchev–Trinajstić information content (AvgIpc) is 3.24. The molecule has 0 saturated heterocycles. The second-order valence-electron chi connectivity index (χ2n) is 5.43. The van der Waals surface area contributed by atoms with Crippen LogP contribution in [0.25, 0.3) is 0 Å². The highest BCUT2D eigenvalue weighted by Crippen LogP contribution is 2.41. The molecule has 2 saturated carbocycles. The summed E-state index contributed by atoms with van der Waals surface area (Å²) in [6.07, 6.45) is 6.70. The van der Waals surface area contributed by atoms with E-state index in [-0.39, 0.29) is 12.1 Å². The summed E-state index contributed by atoms with van der Waals surface area (Å²) in [7, 11) is 0. The number of nitrogens with one attached hydrogen (secondary N) is 2. The quantitative estimate of drug-likeness (QED) is 0.860. The molecule has 5 heteroatoms. The van der Waals surface area contributed by atoms with Crippen molar-refractivity contribution in [2.75, 3.05) is 0 Å². The second kappa shape index (κ2) is 4.88. The third kappa shape index (κ3) is 2.83. The molecule has 2 amide bonds. The standard InChI is InChI=1S/C13H19N3OS/c1-8(9-2-3-9)15-13(17)16-11(10-4-5-10)12-14-6-7-18-12/h6-11H,2-5H2,1H3,(H2,15,16,17). The van der Waals surface area contributed by atoms with Gasteiger partial charge in [-0.25, -0.2) is 9.78 Å². The molecule has 2 fully saturated rings. The number of carbonyl (C=O) groups excluding carboxylic acids is 1. The van der Waals surface area contributed by atoms with Crippen molar-refractivity contribution in [1.82, 2.24) is 15.6 Å². The van der Waals surface area contributed by atoms with Crippen LogP contribution < -0.4 is 10.6 Å². The normalized spacial score (nSPS) is 22.3. The Balaban J connectivity index is 1.57. The van der Waals surface area contributed by atoms with E-state index in [0.717, 1.165) is 5.01 Å². The molecule has 2 N–H and O–H groups in total. The van der Waals surface area contributed by atoms with Crippen molar-refractivity contribution in [2.45, 2.75) is 44.7 Å². The molecule has 1 aromatic rings. The highest BCUT2D eigenvalue weighted by molar-refractivity contribution is 7.09. The SMILES string of the molecule is CC(NC(=O)NC(c1nccs1)C1CC1)C1CC1. The summed E-state index contributed by atoms with van der Waals surface area (Å²) < 4.78 is 0. The number of amides is 2. The zero-order valence-corrected chi connectivity index (χ0v) is 11.4. The van der Waals surface area contributed by atoms with Crippen molar-refractivity contribution in [3.8, 4) is 0 Å². The van der Waals surface area contributed by atoms with Crippen LogP contribution >= 0.6 is 11.3 Å². The summed E-state index contributed by atoms with van der Waals surface area (Å²) in [6.45, 7) is 2.09. The number of urea groups is 1. The maximum absolute atomic E-state index is 12.0. The molecule has 1 aromatic heterocycles. The van der Waals surface area contributed by atoms with Gasteiger partial charge in [0.15, 0.2) is 0 Å². The molecule has 4 nitrogen and oxygen atoms in total. The number of thiazole rings is 1. The Morgan fingerprint density at radius 1 is 1.33 bits per heavy atom. The summed E-state index contributed by atoms with van der Waals surface area (Å²) >= 11 is 1.63. The van der Waals surface area contributed by atoms with Crippen molar-refractivity contribution >= 4 is 17.4 Å². The lowest BCUT2D eigenvalue weighted by atomic mass is 10.2. The smallest absolute Gasteiger partial charge is 0.315 e. The maximum Gasteiger partial charge on any atom is 0.315 e. The van der Waals surface area contributed by atoms with Gasteiger partial charge in [0.2, 0.25) is 0 Å². The fraction of sp³-hybridized carbons (Fsp3) is 0.692. The first-order valence-electron chi connectivity index (χ1n) is 6.70. The summed E-state index contributed by atoms with van der Waals surface area (Å²) in [5, 5.41) is 9.14. The Kier molecular flexibility index (Phi) is 3.24. The number of hydrogen-bond donors (Lipinski definition) is 2. The summed E-state index contributed by atoms with van der Waals surface area (Å²) in [6, 6.07) is 0.360. The summed E-state index contributed by atoms with van der Waals surface area (Å²) in [5.41, 5.74) is 0. The van der Waals surface area contributed by atoms with E-state index in [2.05, 4.69) is 22.5 Å². The summed E-state index contributed by atoms with van der Waals surface area (Å²) in [4.78, 5) is 16.3. The van der Waals surface area contributed by atoms with Crippen molar-refractivity contribution < 1.29 is 4.79 Å². The van der Waals surface area contributed by atoms with Crippen LogP contribution in [0.3, 0.4) is 0 Å². The van der Waals surface area contributed by atoms with E-state index in [0.29, 0.717) is 17.9 Å². The van der Waals surface area contributed by atoms with Crippen LogP contribution in [0.2, 0.25) is 0 Å². The fourth-order valence-corrected chi connectivity index (χ4v) is 3.08. The molecule has 2 aliphatic rings. The van der Waals surface area contributed by atoms with Crippen LogP contribution in [0.1, 0.15) is 43.7 Å². The van der Waals surface area contributed by atoms with Crippen LogP contribution in [-0.4, -0.2) is 17.1 Å². The molecule has 1 heterocycles. The third-order valence-electron chi connectivity index (χ3n) is 3.79. The lowest BCUT2D eigenvalue weighted by molar-refractivity contribution is 0.231. The van der Waals surface area contributed by atoms with Gasteiger partial charge in [0.25, 0.3) is 0 Å². The Morgan fingerprint density at radius 3 is 2.61 bits per heavy atom. The first kappa shape index (κ1) is 12.0. The van der Waals surface area contributed by atoms with Crippen LogP contribution in [-0.2, 0) is 0 Å². The molecule has 0 radical (unpaired) electrons. The van der Waals surface area contributed by atoms with Gasteiger partial charge in [0, 0.05) is 17.6 Å². The van der Waals surface area contributed by atoms with Gasteiger partial charge < -0.3 is 10.6 Å². The molecular formula is C13H19N3OS. The molecule has 3 rings (SSSR count). The molecule has 2 unspecified atom stereocenters. The van der Waals surface area contributed by atoms with Crippen LogP contribution in [0.4, 0.5) is 4.79 Å². The van der Waals surface area contributed by atoms with Crippen molar-refractivity contribution in [2.24, 2.45) is 11.8 Å². The maximum atomic E-state index is 12.0. The Hall–Kier alpha value is -1.10. The molecule has 0 aromatic carbocycles. The van der Waals surface area contributed by atoms with Crippen LogP contribution in [0.15, 0.2) is 11.6 Å². The van der Waals surface area contributed by atoms with E-state index in [9.17, 15) is 4.79 Å². The summed E-state index contributed by atoms with van der Waals surface area (Å²) in [5.74, 6) is 1.27. The minimum atomic E-state index is -0.0403. The minimum absolute atomic E-state index is 0.0403. The predicted octanol–water partition coefficient (Wildman–Crippen LogP) is 2.69. The first-order chi connectivity index (χ1) is 8.74. The third-order valence-corrected chi connectivity index (χ3v) is 4.64. The van der Waals surface area contributed by atoms with Gasteiger partial charge in [-0.3, -0.25) is 0 Å². The van der Waals surface area contributed by atoms with E-state index in [4.69, 9.17) is 0 Å². The number of aromatic nitrogens is 1. The van der Waals surface area contributed by atoms with E-state index in [1.54, 1.807) is 11.3 Å². The molecule has 0 spiro atoms. The number of nitrogens with zero attached hydrogens (tertiary/aromatic N) is 1. The molecule has 18 heavy (non-hydrogen) atoms. The molecule has 0 bridgehead atoms. The monoisotopic (exact) mass is 265 g/mol. The van der Waals surface area contributed by atoms with Gasteiger partial charge in [-0.05, 0) is 44.4 Å². The zero-order valence-electron chi connectivity index (χ0n) is 10.6. The predicted molar refractivity (Wildman–Crippen MR) is 71.4 cm³/mol. The minimum Gasteiger partial charge on any atom is -0.335 e. The van der Waals surface area contributed by atoms with Crippen molar-refractivity contribution in [1.29, 1.82) is 0 Å². The first-order valence-corrected chi connectivity index (χ1v) is 7.58. The molecule has 98 valence electrons. The van der Waals surface area contributed by atoms with E-state index in [1.165, 1.54) is 25.7 Å². The van der Waals surface area contributed by atoms with E-state index >= 15 is 0 Å². The lowest BCUT2D eigenvalue weighted by Gasteiger charge is -2.19. The largest absolute Gasteiger partial charge is 0.335 e. The zero-order chi connectivity index (χ0) is 12.5. The number of rotatable bonds is 5. The lowest BCUT2D eigenvalue weighted by Crippen LogP contribution is -2.43. The Bertz CT molecular complexity index is 412. The molecule has 0 aliphatic heterocycles. The number of carbonyl (C=O) groups is 1. The van der Waals surface area contributed by atoms with Gasteiger partial charge in [-0.2, -0.15) is 0 Å².